The van der Waals surface area contributed by atoms with Crippen molar-refractivity contribution in [2.24, 2.45) is 5.41 Å². The summed E-state index contributed by atoms with van der Waals surface area (Å²) in [6.45, 7) is 9.04. The second-order valence-corrected chi connectivity index (χ2v) is 11.0. The second kappa shape index (κ2) is 7.01. The maximum absolute atomic E-state index is 11.9. The van der Waals surface area contributed by atoms with Gasteiger partial charge in [-0.15, -0.1) is 0 Å². The molecule has 0 saturated carbocycles. The molecule has 23 heavy (non-hydrogen) atoms. The van der Waals surface area contributed by atoms with Crippen LogP contribution in [0.5, 0.6) is 0 Å². The Hall–Kier alpha value is -0.762. The van der Waals surface area contributed by atoms with Crippen molar-refractivity contribution in [3.63, 3.8) is 0 Å². The number of benzene rings is 1. The van der Waals surface area contributed by atoms with Gasteiger partial charge in [-0.2, -0.15) is 0 Å². The second-order valence-electron chi connectivity index (χ2n) is 6.73. The van der Waals surface area contributed by atoms with Gasteiger partial charge in [-0.1, -0.05) is 0 Å². The maximum atomic E-state index is 11.9. The van der Waals surface area contributed by atoms with Crippen LogP contribution in [0, 0.1) is 5.41 Å². The third-order valence-electron chi connectivity index (χ3n) is 4.04. The summed E-state index contributed by atoms with van der Waals surface area (Å²) in [6.07, 6.45) is 0. The minimum absolute atomic E-state index is 0.135. The van der Waals surface area contributed by atoms with E-state index in [1.54, 1.807) is 12.1 Å². The Morgan fingerprint density at radius 1 is 1.17 bits per heavy atom. The van der Waals surface area contributed by atoms with Gasteiger partial charge in [0.1, 0.15) is 0 Å². The average molecular weight is 416 g/mol. The van der Waals surface area contributed by atoms with Crippen molar-refractivity contribution in [2.45, 2.75) is 38.9 Å². The van der Waals surface area contributed by atoms with Crippen LogP contribution in [0.1, 0.15) is 33.3 Å². The monoisotopic (exact) mass is 415 g/mol. The molecule has 0 radical (unpaired) electrons. The van der Waals surface area contributed by atoms with Crippen molar-refractivity contribution in [3.05, 3.63) is 54.3 Å². The summed E-state index contributed by atoms with van der Waals surface area (Å²) in [5.41, 5.74) is 0.744. The molecule has 0 aliphatic heterocycles. The number of hydrogen-bond donors (Lipinski definition) is 1. The van der Waals surface area contributed by atoms with Crippen LogP contribution in [0.25, 0.3) is 0 Å². The van der Waals surface area contributed by atoms with Crippen molar-refractivity contribution in [1.82, 2.24) is 0 Å². The molecule has 2 rings (SSSR count). The molecule has 2 aromatic rings. The molecule has 0 aliphatic carbocycles. The quantitative estimate of drug-likeness (QED) is 0.602. The van der Waals surface area contributed by atoms with Crippen LogP contribution in [-0.2, 0) is 6.54 Å². The first-order chi connectivity index (χ1) is 10.6. The summed E-state index contributed by atoms with van der Waals surface area (Å²) in [5, 5.41) is 4.21. The Morgan fingerprint density at radius 3 is 2.39 bits per heavy atom. The molecule has 2 aromatic carbocycles. The van der Waals surface area contributed by atoms with E-state index in [1.807, 2.05) is 6.07 Å². The van der Waals surface area contributed by atoms with Crippen LogP contribution in [0.4, 0.5) is 5.69 Å². The molecule has 0 bridgehead atoms. The van der Waals surface area contributed by atoms with Crippen LogP contribution < -0.4 is 20.5 Å². The zero-order valence-corrected chi connectivity index (χ0v) is 17.2. The summed E-state index contributed by atoms with van der Waals surface area (Å²) in [6, 6.07) is 5.23. The van der Waals surface area contributed by atoms with Gasteiger partial charge in [0.2, 0.25) is 0 Å². The van der Waals surface area contributed by atoms with Crippen molar-refractivity contribution in [1.29, 1.82) is 0 Å². The van der Waals surface area contributed by atoms with Crippen LogP contribution in [-0.4, -0.2) is 15.8 Å². The molecule has 6 heteroatoms. The van der Waals surface area contributed by atoms with Crippen LogP contribution in [0.15, 0.2) is 27.8 Å². The molecule has 0 aliphatic rings. The van der Waals surface area contributed by atoms with E-state index < -0.39 is 21.2 Å². The fourth-order valence-corrected chi connectivity index (χ4v) is 5.51. The molecule has 0 saturated heterocycles. The molecular formula is C17H20AsCl2NO2. The summed E-state index contributed by atoms with van der Waals surface area (Å²) >= 11 is 11.3. The van der Waals surface area contributed by atoms with Crippen molar-refractivity contribution in [3.8, 4) is 0 Å². The topological polar surface area (TPSA) is 46.2 Å². The summed E-state index contributed by atoms with van der Waals surface area (Å²) in [5.74, 6) is 0. The molecule has 0 spiro atoms. The van der Waals surface area contributed by atoms with E-state index in [0.29, 0.717) is 27.0 Å². The normalized spacial score (nSPS) is 13.8. The van der Waals surface area contributed by atoms with Gasteiger partial charge in [0.15, 0.2) is 0 Å². The third kappa shape index (κ3) is 4.20. The zero-order chi connectivity index (χ0) is 17.4. The zero-order valence-electron chi connectivity index (χ0n) is 13.6. The Bertz CT molecular complexity index is 789. The first-order valence-electron chi connectivity index (χ1n) is 7.39. The number of rotatable bonds is 5. The van der Waals surface area contributed by atoms with Gasteiger partial charge >= 0.3 is 153 Å². The van der Waals surface area contributed by atoms with Gasteiger partial charge < -0.3 is 0 Å². The van der Waals surface area contributed by atoms with E-state index in [1.165, 1.54) is 0 Å². The molecule has 1 N–H and O–H groups in total. The molecule has 124 valence electrons. The standard InChI is InChI=1S/C17H20AsCl2NO2/c1-9(17(2,3)4)18-13-14(16(23)15(13)22)21-8-10-5-6-11(19)7-12(10)20/h5-7,9,18,21H,8H2,1-4H3. The molecule has 0 amide bonds. The SMILES string of the molecule is CC([AsH]c1c(NCc2ccc(Cl)cc2Cl)c(=O)c1=O)C(C)(C)C. The molecule has 0 heterocycles. The average Bonchev–Trinajstić information content (AvgIpc) is 2.46. The van der Waals surface area contributed by atoms with E-state index in [4.69, 9.17) is 23.2 Å². The Morgan fingerprint density at radius 2 is 1.83 bits per heavy atom. The van der Waals surface area contributed by atoms with Gasteiger partial charge in [0.05, 0.1) is 0 Å². The predicted octanol–water partition coefficient (Wildman–Crippen LogP) is 3.12. The fraction of sp³-hybridized carbons (Fsp3) is 0.412. The molecule has 2 atom stereocenters. The number of hydrogen-bond acceptors (Lipinski definition) is 3. The van der Waals surface area contributed by atoms with Crippen LogP contribution in [0.2, 0.25) is 14.8 Å². The third-order valence-corrected chi connectivity index (χ3v) is 8.96. The van der Waals surface area contributed by atoms with Crippen molar-refractivity contribution < 1.29 is 0 Å². The van der Waals surface area contributed by atoms with Gasteiger partial charge in [-0.05, 0) is 0 Å². The molecule has 0 fully saturated rings. The summed E-state index contributed by atoms with van der Waals surface area (Å²) in [4.78, 5) is 23.8. The molecular weight excluding hydrogens is 396 g/mol. The molecule has 2 unspecified atom stereocenters. The van der Waals surface area contributed by atoms with Gasteiger partial charge in [0.25, 0.3) is 0 Å². The van der Waals surface area contributed by atoms with Gasteiger partial charge in [-0.3, -0.25) is 0 Å². The van der Waals surface area contributed by atoms with E-state index >= 15 is 0 Å². The first kappa shape index (κ1) is 18.6. The van der Waals surface area contributed by atoms with Crippen LogP contribution in [0.3, 0.4) is 0 Å². The number of nitrogens with one attached hydrogen (secondary N) is 1. The van der Waals surface area contributed by atoms with Crippen LogP contribution >= 0.6 is 23.2 Å². The van der Waals surface area contributed by atoms with E-state index in [2.05, 4.69) is 33.0 Å². The first-order valence-corrected chi connectivity index (χ1v) is 10.4. The van der Waals surface area contributed by atoms with Gasteiger partial charge in [0, 0.05) is 0 Å². The molecule has 0 aromatic heterocycles. The Kier molecular flexibility index (Phi) is 5.66. The Balaban J connectivity index is 2.14. The molecule has 3 nitrogen and oxygen atoms in total. The van der Waals surface area contributed by atoms with Crippen molar-refractivity contribution in [2.75, 3.05) is 5.32 Å². The van der Waals surface area contributed by atoms with E-state index in [0.717, 1.165) is 9.91 Å². The summed E-state index contributed by atoms with van der Waals surface area (Å²) < 4.78 is 1.15. The minimum atomic E-state index is -0.667. The van der Waals surface area contributed by atoms with E-state index in [9.17, 15) is 9.59 Å². The van der Waals surface area contributed by atoms with E-state index in [-0.39, 0.29) is 10.8 Å². The summed E-state index contributed by atoms with van der Waals surface area (Å²) in [7, 11) is 0. The number of halogens is 2. The number of anilines is 1. The fourth-order valence-electron chi connectivity index (χ4n) is 1.98. The van der Waals surface area contributed by atoms with Gasteiger partial charge in [-0.25, -0.2) is 0 Å². The van der Waals surface area contributed by atoms with Crippen molar-refractivity contribution >= 4 is 49.0 Å². The predicted molar refractivity (Wildman–Crippen MR) is 101 cm³/mol. The Labute approximate surface area is 152 Å².